The Morgan fingerprint density at radius 1 is 1.57 bits per heavy atom. The average Bonchev–Trinajstić information content (AvgIpc) is 2.00. The molecule has 0 aromatic rings. The highest BCUT2D eigenvalue weighted by molar-refractivity contribution is 7.96. The summed E-state index contributed by atoms with van der Waals surface area (Å²) in [7, 11) is 0. The third-order valence-electron chi connectivity index (χ3n) is 2.24. The average molecular weight is 217 g/mol. The highest BCUT2D eigenvalue weighted by Crippen LogP contribution is 2.22. The summed E-state index contributed by atoms with van der Waals surface area (Å²) in [6.07, 6.45) is 2.61. The minimum Gasteiger partial charge on any atom is -0.465 e. The Labute approximate surface area is 90.3 Å². The SMILES string of the molecule is CSN1CC(COC(=O)CC(C)C)C1. The molecule has 0 aliphatic carbocycles. The van der Waals surface area contributed by atoms with Crippen LogP contribution in [0.3, 0.4) is 0 Å². The lowest BCUT2D eigenvalue weighted by atomic mass is 10.1. The summed E-state index contributed by atoms with van der Waals surface area (Å²) in [4.78, 5) is 11.2. The van der Waals surface area contributed by atoms with Crippen LogP contribution >= 0.6 is 11.9 Å². The molecule has 1 fully saturated rings. The maximum atomic E-state index is 11.2. The molecular weight excluding hydrogens is 198 g/mol. The molecule has 0 atom stereocenters. The number of hydrogen-bond acceptors (Lipinski definition) is 4. The molecule has 1 saturated heterocycles. The maximum absolute atomic E-state index is 11.2. The Hall–Kier alpha value is -0.220. The largest absolute Gasteiger partial charge is 0.465 e. The Morgan fingerprint density at radius 2 is 2.21 bits per heavy atom. The molecule has 0 amide bonds. The van der Waals surface area contributed by atoms with Gasteiger partial charge < -0.3 is 4.74 Å². The molecule has 82 valence electrons. The first-order chi connectivity index (χ1) is 6.61. The fraction of sp³-hybridized carbons (Fsp3) is 0.900. The van der Waals surface area contributed by atoms with Gasteiger partial charge in [-0.1, -0.05) is 25.8 Å². The van der Waals surface area contributed by atoms with Crippen molar-refractivity contribution < 1.29 is 9.53 Å². The van der Waals surface area contributed by atoms with Crippen LogP contribution in [0.15, 0.2) is 0 Å². The zero-order chi connectivity index (χ0) is 10.6. The Kier molecular flexibility index (Phi) is 4.75. The number of nitrogens with zero attached hydrogens (tertiary/aromatic N) is 1. The van der Waals surface area contributed by atoms with Crippen molar-refractivity contribution >= 4 is 17.9 Å². The molecule has 0 bridgehead atoms. The third-order valence-corrected chi connectivity index (χ3v) is 3.05. The van der Waals surface area contributed by atoms with Crippen LogP contribution in [-0.2, 0) is 9.53 Å². The van der Waals surface area contributed by atoms with E-state index in [0.29, 0.717) is 24.9 Å². The normalized spacial score (nSPS) is 18.3. The number of hydrogen-bond donors (Lipinski definition) is 0. The molecule has 4 heteroatoms. The van der Waals surface area contributed by atoms with Gasteiger partial charge in [0, 0.05) is 25.4 Å². The van der Waals surface area contributed by atoms with Crippen LogP contribution in [0.1, 0.15) is 20.3 Å². The van der Waals surface area contributed by atoms with E-state index in [2.05, 4.69) is 10.6 Å². The van der Waals surface area contributed by atoms with E-state index in [1.54, 1.807) is 11.9 Å². The predicted octanol–water partition coefficient (Wildman–Crippen LogP) is 1.79. The van der Waals surface area contributed by atoms with Crippen LogP contribution in [-0.4, -0.2) is 36.2 Å². The van der Waals surface area contributed by atoms with Crippen molar-refractivity contribution in [1.29, 1.82) is 0 Å². The van der Waals surface area contributed by atoms with Gasteiger partial charge in [0.2, 0.25) is 0 Å². The fourth-order valence-corrected chi connectivity index (χ4v) is 2.10. The minimum atomic E-state index is -0.0531. The Morgan fingerprint density at radius 3 is 2.71 bits per heavy atom. The molecule has 0 unspecified atom stereocenters. The number of carbonyl (C=O) groups is 1. The maximum Gasteiger partial charge on any atom is 0.306 e. The molecule has 0 N–H and O–H groups in total. The Bertz CT molecular complexity index is 191. The van der Waals surface area contributed by atoms with Crippen LogP contribution < -0.4 is 0 Å². The van der Waals surface area contributed by atoms with Gasteiger partial charge in [-0.3, -0.25) is 4.79 Å². The van der Waals surface area contributed by atoms with Crippen LogP contribution in [0.2, 0.25) is 0 Å². The van der Waals surface area contributed by atoms with Crippen LogP contribution in [0.25, 0.3) is 0 Å². The van der Waals surface area contributed by atoms with E-state index in [9.17, 15) is 4.79 Å². The topological polar surface area (TPSA) is 29.5 Å². The fourth-order valence-electron chi connectivity index (χ4n) is 1.38. The summed E-state index contributed by atoms with van der Waals surface area (Å²) < 4.78 is 7.44. The van der Waals surface area contributed by atoms with E-state index in [4.69, 9.17) is 4.74 Å². The van der Waals surface area contributed by atoms with Crippen LogP contribution in [0.4, 0.5) is 0 Å². The smallest absolute Gasteiger partial charge is 0.306 e. The number of esters is 1. The zero-order valence-electron chi connectivity index (χ0n) is 9.16. The van der Waals surface area contributed by atoms with Crippen molar-refractivity contribution in [3.8, 4) is 0 Å². The van der Waals surface area contributed by atoms with Crippen LogP contribution in [0.5, 0.6) is 0 Å². The summed E-state index contributed by atoms with van der Waals surface area (Å²) in [5, 5.41) is 0. The highest BCUT2D eigenvalue weighted by Gasteiger charge is 2.27. The van der Waals surface area contributed by atoms with E-state index in [0.717, 1.165) is 13.1 Å². The molecule has 0 spiro atoms. The van der Waals surface area contributed by atoms with Crippen molar-refractivity contribution in [2.24, 2.45) is 11.8 Å². The number of rotatable bonds is 5. The van der Waals surface area contributed by atoms with Gasteiger partial charge >= 0.3 is 5.97 Å². The number of ether oxygens (including phenoxy) is 1. The lowest BCUT2D eigenvalue weighted by Crippen LogP contribution is -2.44. The third kappa shape index (κ3) is 3.88. The van der Waals surface area contributed by atoms with Gasteiger partial charge in [-0.2, -0.15) is 0 Å². The molecule has 1 aliphatic heterocycles. The summed E-state index contributed by atoms with van der Waals surface area (Å²) in [6, 6.07) is 0. The molecular formula is C10H19NO2S. The van der Waals surface area contributed by atoms with Crippen molar-refractivity contribution in [2.75, 3.05) is 26.0 Å². The summed E-state index contributed by atoms with van der Waals surface area (Å²) in [5.41, 5.74) is 0. The van der Waals surface area contributed by atoms with Gasteiger partial charge in [0.15, 0.2) is 0 Å². The van der Waals surface area contributed by atoms with E-state index in [1.807, 2.05) is 13.8 Å². The van der Waals surface area contributed by atoms with Crippen molar-refractivity contribution in [3.05, 3.63) is 0 Å². The van der Waals surface area contributed by atoms with Crippen LogP contribution in [0, 0.1) is 11.8 Å². The molecule has 0 aromatic carbocycles. The summed E-state index contributed by atoms with van der Waals surface area (Å²) in [6.45, 7) is 6.76. The molecule has 1 rings (SSSR count). The molecule has 1 heterocycles. The van der Waals surface area contributed by atoms with Crippen molar-refractivity contribution in [3.63, 3.8) is 0 Å². The van der Waals surface area contributed by atoms with E-state index in [1.165, 1.54) is 0 Å². The number of carbonyl (C=O) groups excluding carboxylic acids is 1. The molecule has 3 nitrogen and oxygen atoms in total. The first-order valence-corrected chi connectivity index (χ1v) is 6.24. The van der Waals surface area contributed by atoms with E-state index < -0.39 is 0 Å². The van der Waals surface area contributed by atoms with Crippen molar-refractivity contribution in [2.45, 2.75) is 20.3 Å². The first-order valence-electron chi connectivity index (χ1n) is 5.06. The molecule has 1 aliphatic rings. The standard InChI is InChI=1S/C10H19NO2S/c1-8(2)4-10(12)13-7-9-5-11(6-9)14-3/h8-9H,4-7H2,1-3H3. The lowest BCUT2D eigenvalue weighted by molar-refractivity contribution is -0.146. The second-order valence-corrected chi connectivity index (χ2v) is 5.06. The molecule has 0 aromatic heterocycles. The van der Waals surface area contributed by atoms with E-state index >= 15 is 0 Å². The second kappa shape index (κ2) is 5.61. The quantitative estimate of drug-likeness (QED) is 0.518. The minimum absolute atomic E-state index is 0.0531. The second-order valence-electron chi connectivity index (χ2n) is 4.18. The molecule has 0 radical (unpaired) electrons. The van der Waals surface area contributed by atoms with Gasteiger partial charge in [0.25, 0.3) is 0 Å². The predicted molar refractivity (Wildman–Crippen MR) is 59.0 cm³/mol. The monoisotopic (exact) mass is 217 g/mol. The lowest BCUT2D eigenvalue weighted by Gasteiger charge is -2.36. The van der Waals surface area contributed by atoms with E-state index in [-0.39, 0.29) is 5.97 Å². The van der Waals surface area contributed by atoms with Gasteiger partial charge in [0.1, 0.15) is 0 Å². The Balaban J connectivity index is 2.02. The zero-order valence-corrected chi connectivity index (χ0v) is 9.97. The molecule has 14 heavy (non-hydrogen) atoms. The van der Waals surface area contributed by atoms with Gasteiger partial charge in [-0.05, 0) is 12.2 Å². The summed E-state index contributed by atoms with van der Waals surface area (Å²) in [5.74, 6) is 0.896. The van der Waals surface area contributed by atoms with Gasteiger partial charge in [-0.15, -0.1) is 0 Å². The highest BCUT2D eigenvalue weighted by atomic mass is 32.2. The summed E-state index contributed by atoms with van der Waals surface area (Å²) >= 11 is 1.75. The van der Waals surface area contributed by atoms with Gasteiger partial charge in [0.05, 0.1) is 6.61 Å². The first kappa shape index (κ1) is 11.9. The van der Waals surface area contributed by atoms with Crippen molar-refractivity contribution in [1.82, 2.24) is 4.31 Å². The van der Waals surface area contributed by atoms with Gasteiger partial charge in [-0.25, -0.2) is 4.31 Å². The molecule has 0 saturated carbocycles.